The lowest BCUT2D eigenvalue weighted by atomic mass is 9.79. The van der Waals surface area contributed by atoms with E-state index >= 15 is 0 Å². The number of ether oxygens (including phenoxy) is 1. The minimum absolute atomic E-state index is 0.00273. The van der Waals surface area contributed by atoms with Crippen molar-refractivity contribution in [2.24, 2.45) is 11.3 Å². The first kappa shape index (κ1) is 18.9. The summed E-state index contributed by atoms with van der Waals surface area (Å²) in [5.74, 6) is -1.27. The topological polar surface area (TPSA) is 29.1 Å². The van der Waals surface area contributed by atoms with E-state index in [-0.39, 0.29) is 11.3 Å². The van der Waals surface area contributed by atoms with Gasteiger partial charge in [-0.3, -0.25) is 0 Å². The van der Waals surface area contributed by atoms with E-state index in [1.807, 2.05) is 34.6 Å². The lowest BCUT2D eigenvalue weighted by Crippen LogP contribution is -2.48. The van der Waals surface area contributed by atoms with Crippen LogP contribution in [0.5, 0.6) is 0 Å². The summed E-state index contributed by atoms with van der Waals surface area (Å²) in [6, 6.07) is 0. The summed E-state index contributed by atoms with van der Waals surface area (Å²) in [5.41, 5.74) is -0.359. The molecule has 0 aliphatic heterocycles. The molecule has 0 rings (SSSR count). The molecule has 0 spiro atoms. The van der Waals surface area contributed by atoms with Gasteiger partial charge in [-0.05, 0) is 6.42 Å². The van der Waals surface area contributed by atoms with Crippen molar-refractivity contribution in [2.75, 3.05) is 6.61 Å². The summed E-state index contributed by atoms with van der Waals surface area (Å²) >= 11 is 0. The fourth-order valence-electron chi connectivity index (χ4n) is 2.53. The smallest absolute Gasteiger partial charge is 0.208 e. The fraction of sp³-hybridized carbons (Fsp3) is 1.00. The Hall–Kier alpha value is -0.0800. The highest BCUT2D eigenvalue weighted by Gasteiger charge is 2.45. The normalized spacial score (nSPS) is 15.8. The monoisotopic (exact) mass is 271 g/mol. The maximum absolute atomic E-state index is 12.8. The first-order chi connectivity index (χ1) is 8.75. The molecule has 19 heavy (non-hydrogen) atoms. The average molecular weight is 271 g/mol. The third-order valence-corrected chi connectivity index (χ3v) is 3.87. The quantitative estimate of drug-likeness (QED) is 0.376. The minimum atomic E-state index is -1.27. The minimum Gasteiger partial charge on any atom is -0.347 e. The molecule has 1 unspecified atom stereocenters. The molecule has 0 amide bonds. The molecule has 0 fully saturated rings. The zero-order chi connectivity index (χ0) is 14.9. The van der Waals surface area contributed by atoms with Gasteiger partial charge in [0.25, 0.3) is 0 Å². The summed E-state index contributed by atoms with van der Waals surface area (Å²) in [6.07, 6.45) is 8.77. The highest BCUT2D eigenvalue weighted by molar-refractivity contribution is 4.84. The van der Waals surface area contributed by atoms with Gasteiger partial charge in [0.1, 0.15) is 0 Å². The van der Waals surface area contributed by atoms with Crippen LogP contribution in [0.25, 0.3) is 0 Å². The van der Waals surface area contributed by atoms with Crippen LogP contribution < -0.4 is 0 Å². The summed E-state index contributed by atoms with van der Waals surface area (Å²) in [7, 11) is 0. The molecule has 2 nitrogen and oxygen atoms in total. The van der Waals surface area contributed by atoms with Gasteiger partial charge in [-0.25, -0.2) is 0 Å². The van der Waals surface area contributed by atoms with Crippen LogP contribution in [0.3, 0.4) is 0 Å². The van der Waals surface area contributed by atoms with Gasteiger partial charge in [0, 0.05) is 11.3 Å². The van der Waals surface area contributed by atoms with Crippen molar-refractivity contribution < 1.29 is 9.84 Å². The molecule has 0 aliphatic carbocycles. The highest BCUT2D eigenvalue weighted by atomic mass is 16.6. The molecule has 0 aromatic carbocycles. The van der Waals surface area contributed by atoms with Crippen LogP contribution >= 0.6 is 0 Å². The van der Waals surface area contributed by atoms with Crippen LogP contribution in [0.4, 0.5) is 0 Å². The van der Waals surface area contributed by atoms with E-state index in [1.54, 1.807) is 0 Å². The van der Waals surface area contributed by atoms with E-state index < -0.39 is 5.79 Å². The van der Waals surface area contributed by atoms with Crippen LogP contribution in [0.15, 0.2) is 0 Å². The zero-order valence-corrected chi connectivity index (χ0v) is 14.1. The molecule has 0 aliphatic rings. The number of hydrogen-bond acceptors (Lipinski definition) is 1. The van der Waals surface area contributed by atoms with Crippen molar-refractivity contribution >= 4 is 0 Å². The van der Waals surface area contributed by atoms with Crippen LogP contribution in [0.1, 0.15) is 86.5 Å². The Morgan fingerprint density at radius 1 is 0.895 bits per heavy atom. The van der Waals surface area contributed by atoms with E-state index in [2.05, 4.69) is 6.92 Å². The molecular weight excluding hydrogens is 236 g/mol. The summed E-state index contributed by atoms with van der Waals surface area (Å²) < 4.78 is 5.73. The summed E-state index contributed by atoms with van der Waals surface area (Å²) in [5, 5.41) is 12.8. The molecule has 0 saturated heterocycles. The molecule has 0 saturated carbocycles. The van der Waals surface area contributed by atoms with E-state index in [0.717, 1.165) is 6.42 Å². The number of hydrogen-bond donors (Lipinski definition) is 0. The van der Waals surface area contributed by atoms with Crippen molar-refractivity contribution in [3.8, 4) is 0 Å². The standard InChI is InChI=1S/C17H35O2/c1-7-8-9-10-11-12-13-14-19-17(18,15(2)3)16(4,5)6/h15H,7-14H2,1-6H3. The number of rotatable bonds is 10. The second kappa shape index (κ2) is 8.97. The van der Waals surface area contributed by atoms with Gasteiger partial charge >= 0.3 is 0 Å². The van der Waals surface area contributed by atoms with E-state index in [9.17, 15) is 5.11 Å². The van der Waals surface area contributed by atoms with Gasteiger partial charge in [0.15, 0.2) is 0 Å². The predicted octanol–water partition coefficient (Wildman–Crippen LogP) is 5.58. The fourth-order valence-corrected chi connectivity index (χ4v) is 2.53. The van der Waals surface area contributed by atoms with Gasteiger partial charge < -0.3 is 4.74 Å². The third kappa shape index (κ3) is 6.76. The SMILES string of the molecule is CCCCCCCCCOC([O])(C(C)C)C(C)(C)C. The van der Waals surface area contributed by atoms with Gasteiger partial charge in [-0.15, -0.1) is 0 Å². The molecule has 0 aromatic heterocycles. The molecule has 2 heteroatoms. The Bertz CT molecular complexity index is 218. The number of unbranched alkanes of at least 4 members (excludes halogenated alkanes) is 6. The van der Waals surface area contributed by atoms with Crippen LogP contribution in [-0.4, -0.2) is 12.4 Å². The molecule has 1 radical (unpaired) electrons. The van der Waals surface area contributed by atoms with Crippen molar-refractivity contribution in [2.45, 2.75) is 92.3 Å². The molecule has 1 atom stereocenters. The Balaban J connectivity index is 3.84. The lowest BCUT2D eigenvalue weighted by Gasteiger charge is -2.40. The highest BCUT2D eigenvalue weighted by Crippen LogP contribution is 2.38. The second-order valence-corrected chi connectivity index (χ2v) is 7.04. The molecule has 0 bridgehead atoms. The third-order valence-electron chi connectivity index (χ3n) is 3.87. The van der Waals surface area contributed by atoms with Gasteiger partial charge in [0.05, 0.1) is 6.61 Å². The summed E-state index contributed by atoms with van der Waals surface area (Å²) in [6.45, 7) is 12.7. The maximum Gasteiger partial charge on any atom is 0.208 e. The molecule has 0 heterocycles. The molecular formula is C17H35O2. The van der Waals surface area contributed by atoms with Gasteiger partial charge in [-0.2, -0.15) is 5.11 Å². The second-order valence-electron chi connectivity index (χ2n) is 7.04. The Kier molecular flexibility index (Phi) is 8.93. The van der Waals surface area contributed by atoms with Crippen molar-refractivity contribution in [1.82, 2.24) is 0 Å². The van der Waals surface area contributed by atoms with E-state index in [4.69, 9.17) is 4.74 Å². The van der Waals surface area contributed by atoms with Crippen LogP contribution in [0, 0.1) is 11.3 Å². The lowest BCUT2D eigenvalue weighted by molar-refractivity contribution is -0.318. The Morgan fingerprint density at radius 3 is 1.79 bits per heavy atom. The summed E-state index contributed by atoms with van der Waals surface area (Å²) in [4.78, 5) is 0. The van der Waals surface area contributed by atoms with E-state index in [1.165, 1.54) is 38.5 Å². The van der Waals surface area contributed by atoms with Crippen molar-refractivity contribution in [1.29, 1.82) is 0 Å². The first-order valence-corrected chi connectivity index (χ1v) is 8.10. The van der Waals surface area contributed by atoms with Gasteiger partial charge in [0.2, 0.25) is 5.79 Å². The van der Waals surface area contributed by atoms with Gasteiger partial charge in [-0.1, -0.05) is 80.1 Å². The Labute approximate surface area is 120 Å². The largest absolute Gasteiger partial charge is 0.347 e. The van der Waals surface area contributed by atoms with Crippen molar-refractivity contribution in [3.05, 3.63) is 0 Å². The predicted molar refractivity (Wildman–Crippen MR) is 81.7 cm³/mol. The van der Waals surface area contributed by atoms with E-state index in [0.29, 0.717) is 6.61 Å². The Morgan fingerprint density at radius 2 is 1.37 bits per heavy atom. The molecule has 0 aromatic rings. The average Bonchev–Trinajstić information content (AvgIpc) is 2.30. The maximum atomic E-state index is 12.8. The zero-order valence-electron chi connectivity index (χ0n) is 14.1. The molecule has 0 N–H and O–H groups in total. The first-order valence-electron chi connectivity index (χ1n) is 8.10. The van der Waals surface area contributed by atoms with Crippen LogP contribution in [-0.2, 0) is 9.84 Å². The van der Waals surface area contributed by atoms with Crippen molar-refractivity contribution in [3.63, 3.8) is 0 Å². The molecule has 115 valence electrons. The van der Waals surface area contributed by atoms with Crippen LogP contribution in [0.2, 0.25) is 0 Å².